The van der Waals surface area contributed by atoms with Crippen LogP contribution in [0.15, 0.2) is 11.0 Å². The van der Waals surface area contributed by atoms with Crippen LogP contribution in [-0.2, 0) is 24.3 Å². The number of nitrogens with two attached hydrogens (primary N) is 1. The van der Waals surface area contributed by atoms with Crippen molar-refractivity contribution < 1.29 is 22.7 Å². The molecule has 0 aliphatic carbocycles. The quantitative estimate of drug-likeness (QED) is 0.738. The lowest BCUT2D eigenvalue weighted by Crippen LogP contribution is -2.42. The Labute approximate surface area is 142 Å². The molecule has 8 heteroatoms. The van der Waals surface area contributed by atoms with E-state index in [9.17, 15) is 18.0 Å². The molecule has 2 atom stereocenters. The number of carbonyl (C=O) groups is 2. The number of benzene rings is 1. The second-order valence-corrected chi connectivity index (χ2v) is 7.56. The third-order valence-corrected chi connectivity index (χ3v) is 5.76. The van der Waals surface area contributed by atoms with Gasteiger partial charge in [-0.1, -0.05) is 6.07 Å². The Hall–Kier alpha value is -1.93. The summed E-state index contributed by atoms with van der Waals surface area (Å²) in [7, 11) is -3.93. The molecule has 3 N–H and O–H groups in total. The van der Waals surface area contributed by atoms with E-state index in [0.717, 1.165) is 11.1 Å². The van der Waals surface area contributed by atoms with Gasteiger partial charge in [0, 0.05) is 0 Å². The fourth-order valence-corrected chi connectivity index (χ4v) is 4.07. The van der Waals surface area contributed by atoms with Crippen molar-refractivity contribution in [2.45, 2.75) is 58.6 Å². The van der Waals surface area contributed by atoms with Gasteiger partial charge in [0.1, 0.15) is 6.04 Å². The number of nitrogens with one attached hydrogen (secondary N) is 1. The maximum absolute atomic E-state index is 12.7. The Balaban J connectivity index is 3.11. The number of ether oxygens (including phenoxy) is 1. The van der Waals surface area contributed by atoms with Gasteiger partial charge in [-0.2, -0.15) is 4.72 Å². The molecule has 0 aliphatic rings. The van der Waals surface area contributed by atoms with Crippen LogP contribution in [0.2, 0.25) is 0 Å². The average Bonchev–Trinajstić information content (AvgIpc) is 2.44. The number of rotatable bonds is 6. The third-order valence-electron chi connectivity index (χ3n) is 3.95. The highest BCUT2D eigenvalue weighted by Gasteiger charge is 2.28. The molecule has 1 aromatic rings. The van der Waals surface area contributed by atoms with Crippen LogP contribution >= 0.6 is 0 Å². The van der Waals surface area contributed by atoms with Crippen LogP contribution in [0.5, 0.6) is 0 Å². The van der Waals surface area contributed by atoms with Crippen molar-refractivity contribution in [2.24, 2.45) is 5.73 Å². The molecule has 7 nitrogen and oxygen atoms in total. The van der Waals surface area contributed by atoms with Gasteiger partial charge in [-0.25, -0.2) is 8.42 Å². The first-order valence-corrected chi connectivity index (χ1v) is 8.96. The summed E-state index contributed by atoms with van der Waals surface area (Å²) in [6.07, 6.45) is -1.13. The van der Waals surface area contributed by atoms with Crippen LogP contribution < -0.4 is 10.5 Å². The second kappa shape index (κ2) is 7.31. The minimum Gasteiger partial charge on any atom is -0.451 e. The van der Waals surface area contributed by atoms with Gasteiger partial charge >= 0.3 is 5.97 Å². The van der Waals surface area contributed by atoms with E-state index in [0.29, 0.717) is 11.1 Å². The number of hydrogen-bond donors (Lipinski definition) is 2. The first kappa shape index (κ1) is 20.1. The molecule has 0 bridgehead atoms. The average molecular weight is 356 g/mol. The summed E-state index contributed by atoms with van der Waals surface area (Å²) in [4.78, 5) is 23.0. The fourth-order valence-electron chi connectivity index (χ4n) is 2.26. The summed E-state index contributed by atoms with van der Waals surface area (Å²) in [6.45, 7) is 9.75. The Morgan fingerprint density at radius 1 is 1.08 bits per heavy atom. The van der Waals surface area contributed by atoms with E-state index in [1.54, 1.807) is 13.8 Å². The van der Waals surface area contributed by atoms with E-state index in [4.69, 9.17) is 10.5 Å². The molecule has 1 amide bonds. The summed E-state index contributed by atoms with van der Waals surface area (Å²) in [6, 6.07) is 0.757. The first-order valence-electron chi connectivity index (χ1n) is 7.48. The summed E-state index contributed by atoms with van der Waals surface area (Å²) in [5.41, 5.74) is 7.95. The van der Waals surface area contributed by atoms with Crippen LogP contribution in [0.3, 0.4) is 0 Å². The summed E-state index contributed by atoms with van der Waals surface area (Å²) in [5, 5.41) is 0. The van der Waals surface area contributed by atoms with Crippen LogP contribution in [0.4, 0.5) is 0 Å². The molecule has 134 valence electrons. The number of aryl methyl sites for hydroxylation is 2. The third kappa shape index (κ3) is 4.33. The second-order valence-electron chi connectivity index (χ2n) is 5.91. The smallest absolute Gasteiger partial charge is 0.324 e. The molecule has 2 unspecified atom stereocenters. The van der Waals surface area contributed by atoms with Crippen molar-refractivity contribution >= 4 is 21.9 Å². The molecule has 0 radical (unpaired) electrons. The van der Waals surface area contributed by atoms with E-state index in [-0.39, 0.29) is 4.90 Å². The SMILES string of the molecule is Cc1cc(C)c(C)c(S(=O)(=O)NC(C)C(=O)OC(C)C(N)=O)c1C. The number of hydrogen-bond acceptors (Lipinski definition) is 5. The highest BCUT2D eigenvalue weighted by atomic mass is 32.2. The minimum absolute atomic E-state index is 0.155. The summed E-state index contributed by atoms with van der Waals surface area (Å²) in [5.74, 6) is -1.68. The normalized spacial score (nSPS) is 14.1. The molecule has 0 aromatic heterocycles. The molecular formula is C16H24N2O5S. The molecule has 0 aliphatic heterocycles. The Morgan fingerprint density at radius 2 is 1.54 bits per heavy atom. The molecular weight excluding hydrogens is 332 g/mol. The maximum Gasteiger partial charge on any atom is 0.324 e. The van der Waals surface area contributed by atoms with Crippen molar-refractivity contribution in [3.63, 3.8) is 0 Å². The Bertz CT molecular complexity index is 745. The summed E-state index contributed by atoms with van der Waals surface area (Å²) >= 11 is 0. The van der Waals surface area contributed by atoms with Gasteiger partial charge in [0.25, 0.3) is 5.91 Å². The number of carbonyl (C=O) groups excluding carboxylic acids is 2. The van der Waals surface area contributed by atoms with Gasteiger partial charge in [-0.3, -0.25) is 9.59 Å². The molecule has 0 heterocycles. The standard InChI is InChI=1S/C16H24N2O5S/c1-8-7-9(2)11(4)14(10(8)3)24(21,22)18-12(5)16(20)23-13(6)15(17)19/h7,12-13,18H,1-6H3,(H2,17,19). The van der Waals surface area contributed by atoms with Crippen molar-refractivity contribution in [1.82, 2.24) is 4.72 Å². The molecule has 0 saturated heterocycles. The zero-order valence-electron chi connectivity index (χ0n) is 14.8. The van der Waals surface area contributed by atoms with Crippen molar-refractivity contribution in [3.8, 4) is 0 Å². The van der Waals surface area contributed by atoms with Gasteiger partial charge in [0.05, 0.1) is 4.90 Å². The number of amides is 1. The first-order chi connectivity index (χ1) is 10.9. The van der Waals surface area contributed by atoms with Gasteiger partial charge < -0.3 is 10.5 Å². The molecule has 1 aromatic carbocycles. The zero-order chi connectivity index (χ0) is 18.8. The van der Waals surface area contributed by atoms with Gasteiger partial charge in [-0.15, -0.1) is 0 Å². The van der Waals surface area contributed by atoms with Gasteiger partial charge in [0.2, 0.25) is 10.0 Å². The van der Waals surface area contributed by atoms with Gasteiger partial charge in [-0.05, 0) is 63.8 Å². The van der Waals surface area contributed by atoms with Crippen LogP contribution in [0.1, 0.15) is 36.1 Å². The fraction of sp³-hybridized carbons (Fsp3) is 0.500. The number of sulfonamides is 1. The lowest BCUT2D eigenvalue weighted by molar-refractivity contribution is -0.155. The highest BCUT2D eigenvalue weighted by molar-refractivity contribution is 7.89. The zero-order valence-corrected chi connectivity index (χ0v) is 15.6. The lowest BCUT2D eigenvalue weighted by Gasteiger charge is -2.19. The van der Waals surface area contributed by atoms with Crippen LogP contribution in [0, 0.1) is 27.7 Å². The molecule has 24 heavy (non-hydrogen) atoms. The Morgan fingerprint density at radius 3 is 1.96 bits per heavy atom. The van der Waals surface area contributed by atoms with Crippen molar-refractivity contribution in [1.29, 1.82) is 0 Å². The van der Waals surface area contributed by atoms with E-state index in [2.05, 4.69) is 4.72 Å². The van der Waals surface area contributed by atoms with Crippen LogP contribution in [-0.4, -0.2) is 32.4 Å². The van der Waals surface area contributed by atoms with E-state index < -0.39 is 34.0 Å². The van der Waals surface area contributed by atoms with Crippen LogP contribution in [0.25, 0.3) is 0 Å². The molecule has 1 rings (SSSR count). The molecule has 0 spiro atoms. The van der Waals surface area contributed by atoms with Crippen molar-refractivity contribution in [3.05, 3.63) is 28.3 Å². The van der Waals surface area contributed by atoms with E-state index >= 15 is 0 Å². The highest BCUT2D eigenvalue weighted by Crippen LogP contribution is 2.26. The lowest BCUT2D eigenvalue weighted by atomic mass is 10.0. The number of esters is 1. The minimum atomic E-state index is -3.93. The monoisotopic (exact) mass is 356 g/mol. The largest absolute Gasteiger partial charge is 0.451 e. The van der Waals surface area contributed by atoms with Crippen molar-refractivity contribution in [2.75, 3.05) is 0 Å². The maximum atomic E-state index is 12.7. The summed E-state index contributed by atoms with van der Waals surface area (Å²) < 4.78 is 32.5. The molecule has 0 saturated carbocycles. The van der Waals surface area contributed by atoms with Gasteiger partial charge in [0.15, 0.2) is 6.10 Å². The predicted octanol–water partition coefficient (Wildman–Crippen LogP) is 1.00. The van der Waals surface area contributed by atoms with E-state index in [1.165, 1.54) is 13.8 Å². The predicted molar refractivity (Wildman–Crippen MR) is 89.9 cm³/mol. The Kier molecular flexibility index (Phi) is 6.13. The number of primary amides is 1. The van der Waals surface area contributed by atoms with E-state index in [1.807, 2.05) is 19.9 Å². The molecule has 0 fully saturated rings. The topological polar surface area (TPSA) is 116 Å².